The molecule has 122 valence electrons. The maximum Gasteiger partial charge on any atom is 0.0590 e. The summed E-state index contributed by atoms with van der Waals surface area (Å²) in [5.74, 6) is 0.101. The lowest BCUT2D eigenvalue weighted by Gasteiger charge is -2.20. The molecule has 0 fully saturated rings. The van der Waals surface area contributed by atoms with Crippen LogP contribution in [0.3, 0.4) is 0 Å². The highest BCUT2D eigenvalue weighted by Crippen LogP contribution is 2.18. The molecule has 2 unspecified atom stereocenters. The third kappa shape index (κ3) is 11.7. The van der Waals surface area contributed by atoms with E-state index in [0.29, 0.717) is 0 Å². The van der Waals surface area contributed by atoms with Gasteiger partial charge in [-0.3, -0.25) is 0 Å². The average Bonchev–Trinajstić information content (AvgIpc) is 2.45. The quantitative estimate of drug-likeness (QED) is 0.413. The van der Waals surface area contributed by atoms with E-state index in [1.165, 1.54) is 57.8 Å². The van der Waals surface area contributed by atoms with Crippen LogP contribution in [0.5, 0.6) is 0 Å². The molecule has 0 rings (SSSR count). The Labute approximate surface area is 127 Å². The van der Waals surface area contributed by atoms with Gasteiger partial charge in [0, 0.05) is 12.5 Å². The van der Waals surface area contributed by atoms with E-state index >= 15 is 0 Å². The number of hydrogen-bond acceptors (Lipinski definition) is 2. The maximum absolute atomic E-state index is 9.89. The monoisotopic (exact) mass is 286 g/mol. The number of unbranched alkanes of at least 4 members (excludes halogenated alkanes) is 9. The van der Waals surface area contributed by atoms with Crippen molar-refractivity contribution >= 4 is 0 Å². The van der Waals surface area contributed by atoms with Crippen LogP contribution in [-0.2, 0) is 0 Å². The van der Waals surface area contributed by atoms with Gasteiger partial charge in [0.25, 0.3) is 0 Å². The molecule has 0 spiro atoms. The van der Waals surface area contributed by atoms with E-state index in [1.54, 1.807) is 0 Å². The van der Waals surface area contributed by atoms with E-state index in [0.717, 1.165) is 25.7 Å². The molecule has 0 aliphatic carbocycles. The summed E-state index contributed by atoms with van der Waals surface area (Å²) in [5.41, 5.74) is 0. The standard InChI is InChI=1S/C18H38O2/c1-3-5-6-7-8-9-10-11-12-13-15-17(16-19)18(20)14-4-2/h17-20H,3-16H2,1-2H3. The summed E-state index contributed by atoms with van der Waals surface area (Å²) in [6.45, 7) is 4.48. The Morgan fingerprint density at radius 1 is 0.650 bits per heavy atom. The van der Waals surface area contributed by atoms with Gasteiger partial charge < -0.3 is 10.2 Å². The molecule has 0 aromatic rings. The molecule has 0 bridgehead atoms. The summed E-state index contributed by atoms with van der Waals surface area (Å²) in [6.07, 6.45) is 15.9. The van der Waals surface area contributed by atoms with Crippen molar-refractivity contribution in [3.8, 4) is 0 Å². The fraction of sp³-hybridized carbons (Fsp3) is 1.00. The summed E-state index contributed by atoms with van der Waals surface area (Å²) in [7, 11) is 0. The Bertz CT molecular complexity index is 182. The zero-order chi connectivity index (χ0) is 15.1. The van der Waals surface area contributed by atoms with Crippen LogP contribution in [0.2, 0.25) is 0 Å². The predicted octanol–water partition coefficient (Wildman–Crippen LogP) is 5.07. The molecule has 0 radical (unpaired) electrons. The third-order valence-electron chi connectivity index (χ3n) is 4.29. The molecule has 20 heavy (non-hydrogen) atoms. The van der Waals surface area contributed by atoms with Gasteiger partial charge in [-0.25, -0.2) is 0 Å². The van der Waals surface area contributed by atoms with Crippen LogP contribution < -0.4 is 0 Å². The van der Waals surface area contributed by atoms with Crippen molar-refractivity contribution < 1.29 is 10.2 Å². The van der Waals surface area contributed by atoms with Crippen molar-refractivity contribution in [1.82, 2.24) is 0 Å². The van der Waals surface area contributed by atoms with Crippen LogP contribution in [-0.4, -0.2) is 22.9 Å². The number of aliphatic hydroxyl groups is 2. The molecule has 0 amide bonds. The molecule has 0 saturated heterocycles. The minimum atomic E-state index is -0.302. The Balaban J connectivity index is 3.33. The van der Waals surface area contributed by atoms with E-state index in [4.69, 9.17) is 0 Å². The van der Waals surface area contributed by atoms with E-state index in [-0.39, 0.29) is 18.6 Å². The Morgan fingerprint density at radius 2 is 1.15 bits per heavy atom. The largest absolute Gasteiger partial charge is 0.396 e. The van der Waals surface area contributed by atoms with Gasteiger partial charge in [-0.1, -0.05) is 84.5 Å². The first-order chi connectivity index (χ1) is 9.76. The summed E-state index contributed by atoms with van der Waals surface area (Å²) >= 11 is 0. The van der Waals surface area contributed by atoms with Gasteiger partial charge in [0.05, 0.1) is 6.10 Å². The van der Waals surface area contributed by atoms with E-state index in [1.807, 2.05) is 0 Å². The number of rotatable bonds is 15. The summed E-state index contributed by atoms with van der Waals surface area (Å²) in [6, 6.07) is 0. The second kappa shape index (κ2) is 15.3. The lowest BCUT2D eigenvalue weighted by atomic mass is 9.93. The Hall–Kier alpha value is -0.0800. The van der Waals surface area contributed by atoms with E-state index in [9.17, 15) is 10.2 Å². The molecule has 0 aliphatic rings. The molecular formula is C18H38O2. The van der Waals surface area contributed by atoms with Crippen LogP contribution in [0.15, 0.2) is 0 Å². The van der Waals surface area contributed by atoms with Gasteiger partial charge in [-0.05, 0) is 12.8 Å². The zero-order valence-electron chi connectivity index (χ0n) is 13.9. The molecule has 0 aliphatic heterocycles. The van der Waals surface area contributed by atoms with Crippen molar-refractivity contribution in [2.75, 3.05) is 6.61 Å². The minimum Gasteiger partial charge on any atom is -0.396 e. The first-order valence-electron chi connectivity index (χ1n) is 9.05. The zero-order valence-corrected chi connectivity index (χ0v) is 13.9. The summed E-state index contributed by atoms with van der Waals surface area (Å²) in [4.78, 5) is 0. The molecular weight excluding hydrogens is 248 g/mol. The van der Waals surface area contributed by atoms with Gasteiger partial charge in [0.2, 0.25) is 0 Å². The topological polar surface area (TPSA) is 40.5 Å². The minimum absolute atomic E-state index is 0.101. The second-order valence-corrected chi connectivity index (χ2v) is 6.27. The molecule has 0 aromatic heterocycles. The first kappa shape index (κ1) is 19.9. The van der Waals surface area contributed by atoms with Gasteiger partial charge >= 0.3 is 0 Å². The lowest BCUT2D eigenvalue weighted by Crippen LogP contribution is -2.23. The molecule has 2 nitrogen and oxygen atoms in total. The molecule has 0 heterocycles. The molecule has 0 aromatic carbocycles. The highest BCUT2D eigenvalue weighted by atomic mass is 16.3. The van der Waals surface area contributed by atoms with Crippen LogP contribution >= 0.6 is 0 Å². The molecule has 2 heteroatoms. The van der Waals surface area contributed by atoms with E-state index in [2.05, 4.69) is 13.8 Å². The fourth-order valence-corrected chi connectivity index (χ4v) is 2.83. The normalized spacial score (nSPS) is 14.4. The Kier molecular flexibility index (Phi) is 15.3. The highest BCUT2D eigenvalue weighted by Gasteiger charge is 2.16. The second-order valence-electron chi connectivity index (χ2n) is 6.27. The SMILES string of the molecule is CCCCCCCCCCCCC(CO)C(O)CCC. The number of aliphatic hydroxyl groups excluding tert-OH is 2. The van der Waals surface area contributed by atoms with Crippen molar-refractivity contribution in [2.45, 2.75) is 103 Å². The maximum atomic E-state index is 9.89. The fourth-order valence-electron chi connectivity index (χ4n) is 2.83. The first-order valence-corrected chi connectivity index (χ1v) is 9.05. The predicted molar refractivity (Wildman–Crippen MR) is 88.0 cm³/mol. The lowest BCUT2D eigenvalue weighted by molar-refractivity contribution is 0.0543. The molecule has 0 saturated carbocycles. The third-order valence-corrected chi connectivity index (χ3v) is 4.29. The molecule has 2 atom stereocenters. The van der Waals surface area contributed by atoms with Crippen molar-refractivity contribution in [3.05, 3.63) is 0 Å². The van der Waals surface area contributed by atoms with E-state index < -0.39 is 0 Å². The van der Waals surface area contributed by atoms with Crippen molar-refractivity contribution in [1.29, 1.82) is 0 Å². The summed E-state index contributed by atoms with van der Waals surface area (Å²) in [5, 5.41) is 19.2. The van der Waals surface area contributed by atoms with Gasteiger partial charge in [-0.15, -0.1) is 0 Å². The summed E-state index contributed by atoms with van der Waals surface area (Å²) < 4.78 is 0. The van der Waals surface area contributed by atoms with Crippen LogP contribution in [0, 0.1) is 5.92 Å². The number of hydrogen-bond donors (Lipinski definition) is 2. The van der Waals surface area contributed by atoms with Gasteiger partial charge in [0.15, 0.2) is 0 Å². The van der Waals surface area contributed by atoms with Gasteiger partial charge in [0.1, 0.15) is 0 Å². The Morgan fingerprint density at radius 3 is 1.60 bits per heavy atom. The smallest absolute Gasteiger partial charge is 0.0590 e. The van der Waals surface area contributed by atoms with Crippen LogP contribution in [0.1, 0.15) is 97.3 Å². The average molecular weight is 287 g/mol. The van der Waals surface area contributed by atoms with Crippen LogP contribution in [0.25, 0.3) is 0 Å². The van der Waals surface area contributed by atoms with Crippen LogP contribution in [0.4, 0.5) is 0 Å². The highest BCUT2D eigenvalue weighted by molar-refractivity contribution is 4.67. The van der Waals surface area contributed by atoms with Gasteiger partial charge in [-0.2, -0.15) is 0 Å². The molecule has 2 N–H and O–H groups in total. The van der Waals surface area contributed by atoms with Crippen molar-refractivity contribution in [3.63, 3.8) is 0 Å². The van der Waals surface area contributed by atoms with Crippen molar-refractivity contribution in [2.24, 2.45) is 5.92 Å².